The second-order valence-corrected chi connectivity index (χ2v) is 3.82. The standard InChI is InChI=1S/C9H18O/c1-7(2)8-4-3-5-9(10)6-8/h7-10H,3-6H2,1-2H3/t8-,9-/m0/s1. The first-order valence-corrected chi connectivity index (χ1v) is 4.38. The molecule has 2 atom stereocenters. The minimum atomic E-state index is 0.00106. The minimum absolute atomic E-state index is 0.00106. The summed E-state index contributed by atoms with van der Waals surface area (Å²) >= 11 is 0. The molecule has 1 rings (SSSR count). The molecule has 10 heavy (non-hydrogen) atoms. The van der Waals surface area contributed by atoms with Crippen LogP contribution in [0.2, 0.25) is 0 Å². The molecule has 0 spiro atoms. The Balaban J connectivity index is 2.32. The smallest absolute Gasteiger partial charge is 0.0543 e. The van der Waals surface area contributed by atoms with Crippen LogP contribution in [-0.2, 0) is 0 Å². The van der Waals surface area contributed by atoms with Crippen LogP contribution in [0.15, 0.2) is 0 Å². The first-order chi connectivity index (χ1) is 4.70. The highest BCUT2D eigenvalue weighted by molar-refractivity contribution is 4.73. The third-order valence-electron chi connectivity index (χ3n) is 2.63. The van der Waals surface area contributed by atoms with Crippen molar-refractivity contribution in [3.63, 3.8) is 0 Å². The topological polar surface area (TPSA) is 20.2 Å². The minimum Gasteiger partial charge on any atom is -0.393 e. The summed E-state index contributed by atoms with van der Waals surface area (Å²) in [5.41, 5.74) is 0. The van der Waals surface area contributed by atoms with Crippen molar-refractivity contribution >= 4 is 0 Å². The van der Waals surface area contributed by atoms with Gasteiger partial charge in [-0.1, -0.05) is 26.7 Å². The van der Waals surface area contributed by atoms with E-state index < -0.39 is 0 Å². The van der Waals surface area contributed by atoms with Gasteiger partial charge in [0.05, 0.1) is 6.10 Å². The number of rotatable bonds is 1. The molecule has 1 aliphatic rings. The van der Waals surface area contributed by atoms with E-state index in [0.717, 1.165) is 24.7 Å². The third-order valence-corrected chi connectivity index (χ3v) is 2.63. The molecule has 1 N–H and O–H groups in total. The van der Waals surface area contributed by atoms with Gasteiger partial charge in [-0.05, 0) is 24.7 Å². The van der Waals surface area contributed by atoms with Crippen LogP contribution in [-0.4, -0.2) is 11.2 Å². The zero-order valence-corrected chi connectivity index (χ0v) is 7.01. The van der Waals surface area contributed by atoms with Crippen LogP contribution in [0.3, 0.4) is 0 Å². The van der Waals surface area contributed by atoms with Crippen LogP contribution < -0.4 is 0 Å². The van der Waals surface area contributed by atoms with E-state index in [4.69, 9.17) is 0 Å². The van der Waals surface area contributed by atoms with Gasteiger partial charge in [0.1, 0.15) is 0 Å². The number of aliphatic hydroxyl groups is 1. The Morgan fingerprint density at radius 3 is 2.40 bits per heavy atom. The van der Waals surface area contributed by atoms with Crippen molar-refractivity contribution in [2.24, 2.45) is 11.8 Å². The van der Waals surface area contributed by atoms with Gasteiger partial charge in [0, 0.05) is 0 Å². The van der Waals surface area contributed by atoms with E-state index in [1.807, 2.05) is 0 Å². The highest BCUT2D eigenvalue weighted by Gasteiger charge is 2.21. The molecule has 0 bridgehead atoms. The predicted octanol–water partition coefficient (Wildman–Crippen LogP) is 2.19. The van der Waals surface area contributed by atoms with E-state index in [9.17, 15) is 5.11 Å². The fourth-order valence-corrected chi connectivity index (χ4v) is 1.81. The maximum absolute atomic E-state index is 9.33. The molecule has 0 aromatic rings. The van der Waals surface area contributed by atoms with Crippen molar-refractivity contribution in [3.05, 3.63) is 0 Å². The van der Waals surface area contributed by atoms with Crippen molar-refractivity contribution in [1.82, 2.24) is 0 Å². The summed E-state index contributed by atoms with van der Waals surface area (Å²) in [6.45, 7) is 4.51. The van der Waals surface area contributed by atoms with Crippen molar-refractivity contribution in [1.29, 1.82) is 0 Å². The van der Waals surface area contributed by atoms with Gasteiger partial charge in [-0.15, -0.1) is 0 Å². The van der Waals surface area contributed by atoms with Crippen molar-refractivity contribution in [3.8, 4) is 0 Å². The fourth-order valence-electron chi connectivity index (χ4n) is 1.81. The van der Waals surface area contributed by atoms with Crippen LogP contribution >= 0.6 is 0 Å². The molecule has 60 valence electrons. The van der Waals surface area contributed by atoms with E-state index in [-0.39, 0.29) is 6.10 Å². The van der Waals surface area contributed by atoms with Gasteiger partial charge in [0.25, 0.3) is 0 Å². The molecule has 0 aromatic carbocycles. The Morgan fingerprint density at radius 1 is 1.30 bits per heavy atom. The van der Waals surface area contributed by atoms with Crippen molar-refractivity contribution in [2.75, 3.05) is 0 Å². The Morgan fingerprint density at radius 2 is 2.00 bits per heavy atom. The van der Waals surface area contributed by atoms with Crippen LogP contribution in [0, 0.1) is 11.8 Å². The first-order valence-electron chi connectivity index (χ1n) is 4.38. The molecule has 0 aliphatic heterocycles. The molecule has 0 saturated heterocycles. The maximum atomic E-state index is 9.33. The highest BCUT2D eigenvalue weighted by Crippen LogP contribution is 2.29. The van der Waals surface area contributed by atoms with E-state index >= 15 is 0 Å². The zero-order valence-electron chi connectivity index (χ0n) is 7.01. The molecule has 0 radical (unpaired) electrons. The Bertz CT molecular complexity index is 98.9. The largest absolute Gasteiger partial charge is 0.393 e. The number of hydrogen-bond donors (Lipinski definition) is 1. The summed E-state index contributed by atoms with van der Waals surface area (Å²) in [7, 11) is 0. The quantitative estimate of drug-likeness (QED) is 0.595. The lowest BCUT2D eigenvalue weighted by Crippen LogP contribution is -2.22. The van der Waals surface area contributed by atoms with Gasteiger partial charge in [0.15, 0.2) is 0 Å². The van der Waals surface area contributed by atoms with Crippen molar-refractivity contribution < 1.29 is 5.11 Å². The molecule has 1 nitrogen and oxygen atoms in total. The van der Waals surface area contributed by atoms with Gasteiger partial charge in [0.2, 0.25) is 0 Å². The third kappa shape index (κ3) is 1.98. The summed E-state index contributed by atoms with van der Waals surface area (Å²) in [6.07, 6.45) is 4.63. The molecular formula is C9H18O. The molecular weight excluding hydrogens is 124 g/mol. The lowest BCUT2D eigenvalue weighted by Gasteiger charge is -2.28. The average Bonchev–Trinajstić information content (AvgIpc) is 1.88. The lowest BCUT2D eigenvalue weighted by molar-refractivity contribution is 0.0858. The van der Waals surface area contributed by atoms with Gasteiger partial charge < -0.3 is 5.11 Å². The number of hydrogen-bond acceptors (Lipinski definition) is 1. The normalized spacial score (nSPS) is 34.8. The van der Waals surface area contributed by atoms with Crippen LogP contribution in [0.25, 0.3) is 0 Å². The summed E-state index contributed by atoms with van der Waals surface area (Å²) < 4.78 is 0. The summed E-state index contributed by atoms with van der Waals surface area (Å²) in [5.74, 6) is 1.54. The van der Waals surface area contributed by atoms with Crippen LogP contribution in [0.5, 0.6) is 0 Å². The summed E-state index contributed by atoms with van der Waals surface area (Å²) in [5, 5.41) is 9.33. The molecule has 1 aliphatic carbocycles. The molecule has 0 amide bonds. The lowest BCUT2D eigenvalue weighted by atomic mass is 9.80. The number of aliphatic hydroxyl groups excluding tert-OH is 1. The fraction of sp³-hybridized carbons (Fsp3) is 1.00. The molecule has 1 heteroatoms. The second-order valence-electron chi connectivity index (χ2n) is 3.82. The van der Waals surface area contributed by atoms with Gasteiger partial charge >= 0.3 is 0 Å². The summed E-state index contributed by atoms with van der Waals surface area (Å²) in [4.78, 5) is 0. The van der Waals surface area contributed by atoms with E-state index in [1.165, 1.54) is 12.8 Å². The monoisotopic (exact) mass is 142 g/mol. The molecule has 0 unspecified atom stereocenters. The average molecular weight is 142 g/mol. The molecule has 0 heterocycles. The molecule has 1 fully saturated rings. The van der Waals surface area contributed by atoms with E-state index in [0.29, 0.717) is 0 Å². The van der Waals surface area contributed by atoms with Crippen LogP contribution in [0.4, 0.5) is 0 Å². The van der Waals surface area contributed by atoms with E-state index in [1.54, 1.807) is 0 Å². The predicted molar refractivity (Wildman–Crippen MR) is 42.8 cm³/mol. The zero-order chi connectivity index (χ0) is 7.56. The summed E-state index contributed by atoms with van der Waals surface area (Å²) in [6, 6.07) is 0. The second kappa shape index (κ2) is 3.38. The van der Waals surface area contributed by atoms with Gasteiger partial charge in [-0.2, -0.15) is 0 Å². The Labute approximate surface area is 63.4 Å². The van der Waals surface area contributed by atoms with Crippen LogP contribution in [0.1, 0.15) is 39.5 Å². The van der Waals surface area contributed by atoms with Gasteiger partial charge in [-0.25, -0.2) is 0 Å². The first kappa shape index (κ1) is 8.06. The Kier molecular flexibility index (Phi) is 2.72. The van der Waals surface area contributed by atoms with Gasteiger partial charge in [-0.3, -0.25) is 0 Å². The maximum Gasteiger partial charge on any atom is 0.0543 e. The molecule has 1 saturated carbocycles. The van der Waals surface area contributed by atoms with Crippen molar-refractivity contribution in [2.45, 2.75) is 45.6 Å². The highest BCUT2D eigenvalue weighted by atomic mass is 16.3. The van der Waals surface area contributed by atoms with E-state index in [2.05, 4.69) is 13.8 Å². The molecule has 0 aromatic heterocycles. The SMILES string of the molecule is CC(C)[C@H]1CCC[C@H](O)C1. The Hall–Kier alpha value is -0.0400.